The number of rotatable bonds is 3. The summed E-state index contributed by atoms with van der Waals surface area (Å²) in [6.45, 7) is 0. The molecular weight excluding hydrogens is 206 g/mol. The van der Waals surface area contributed by atoms with E-state index in [4.69, 9.17) is 10.9 Å². The van der Waals surface area contributed by atoms with E-state index in [0.717, 1.165) is 0 Å². The van der Waals surface area contributed by atoms with E-state index in [-0.39, 0.29) is 17.0 Å². The predicted octanol–water partition coefficient (Wildman–Crippen LogP) is -1.24. The Balaban J connectivity index is 3.23. The Morgan fingerprint density at radius 3 is 2.64 bits per heavy atom. The van der Waals surface area contributed by atoms with E-state index in [1.54, 1.807) is 0 Å². The zero-order chi connectivity index (χ0) is 10.8. The number of carbonyl (C=O) groups excluding carboxylic acids is 1. The number of aromatic nitrogens is 1. The van der Waals surface area contributed by atoms with Crippen LogP contribution in [0.25, 0.3) is 0 Å². The second kappa shape index (κ2) is 3.72. The Morgan fingerprint density at radius 1 is 1.50 bits per heavy atom. The van der Waals surface area contributed by atoms with E-state index in [0.29, 0.717) is 0 Å². The fourth-order valence-corrected chi connectivity index (χ4v) is 1.70. The minimum Gasteiger partial charge on any atom is -0.369 e. The Kier molecular flexibility index (Phi) is 2.82. The van der Waals surface area contributed by atoms with Crippen molar-refractivity contribution in [3.63, 3.8) is 0 Å². The summed E-state index contributed by atoms with van der Waals surface area (Å²) in [6, 6.07) is 2.70. The van der Waals surface area contributed by atoms with Crippen molar-refractivity contribution in [2.75, 3.05) is 0 Å². The van der Waals surface area contributed by atoms with Crippen LogP contribution in [0.3, 0.4) is 0 Å². The fraction of sp³-hybridized carbons (Fsp3) is 0.143. The molecule has 76 valence electrons. The third-order valence-corrected chi connectivity index (χ3v) is 2.48. The van der Waals surface area contributed by atoms with Gasteiger partial charge in [0.15, 0.2) is 0 Å². The van der Waals surface area contributed by atoms with Crippen LogP contribution in [0.4, 0.5) is 0 Å². The predicted molar refractivity (Wildman–Crippen MR) is 48.5 cm³/mol. The Hall–Kier alpha value is -1.47. The number of carbonyl (C=O) groups is 1. The van der Waals surface area contributed by atoms with Crippen LogP contribution in [0, 0.1) is 0 Å². The van der Waals surface area contributed by atoms with Crippen LogP contribution in [0.5, 0.6) is 0 Å². The van der Waals surface area contributed by atoms with E-state index in [1.807, 2.05) is 0 Å². The van der Waals surface area contributed by atoms with Gasteiger partial charge >= 0.3 is 0 Å². The minimum atomic E-state index is -3.85. The third kappa shape index (κ3) is 2.51. The van der Waals surface area contributed by atoms with Crippen molar-refractivity contribution in [1.29, 1.82) is 0 Å². The topological polar surface area (TPSA) is 116 Å². The van der Waals surface area contributed by atoms with Gasteiger partial charge in [0.1, 0.15) is 4.90 Å². The zero-order valence-corrected chi connectivity index (χ0v) is 7.99. The number of nitrogens with zero attached hydrogens (tertiary/aromatic N) is 1. The standard InChI is InChI=1S/C7H9N3O3S/c8-7(11)4-5-6(14(9,12)13)2-1-3-10-5/h1-3H,4H2,(H2,8,11)(H2,9,12,13). The highest BCUT2D eigenvalue weighted by Crippen LogP contribution is 2.10. The van der Waals surface area contributed by atoms with E-state index in [9.17, 15) is 13.2 Å². The number of primary sulfonamides is 1. The summed E-state index contributed by atoms with van der Waals surface area (Å²) in [5.74, 6) is -0.659. The summed E-state index contributed by atoms with van der Waals surface area (Å²) >= 11 is 0. The monoisotopic (exact) mass is 215 g/mol. The molecule has 7 heteroatoms. The molecule has 0 fully saturated rings. The highest BCUT2D eigenvalue weighted by Gasteiger charge is 2.15. The first-order valence-corrected chi connectivity index (χ1v) is 5.21. The summed E-state index contributed by atoms with van der Waals surface area (Å²) in [5, 5.41) is 4.91. The van der Waals surface area contributed by atoms with Crippen LogP contribution >= 0.6 is 0 Å². The summed E-state index contributed by atoms with van der Waals surface area (Å²) in [7, 11) is -3.85. The van der Waals surface area contributed by atoms with Crippen molar-refractivity contribution >= 4 is 15.9 Å². The molecule has 4 N–H and O–H groups in total. The second-order valence-corrected chi connectivity index (χ2v) is 4.17. The fourth-order valence-electron chi connectivity index (χ4n) is 0.980. The van der Waals surface area contributed by atoms with E-state index >= 15 is 0 Å². The van der Waals surface area contributed by atoms with Gasteiger partial charge in [0.25, 0.3) is 0 Å². The lowest BCUT2D eigenvalue weighted by molar-refractivity contribution is -0.117. The van der Waals surface area contributed by atoms with Crippen LogP contribution in [0.1, 0.15) is 5.69 Å². The molecule has 0 bridgehead atoms. The maximum atomic E-state index is 11.0. The molecule has 14 heavy (non-hydrogen) atoms. The van der Waals surface area contributed by atoms with Crippen LogP contribution < -0.4 is 10.9 Å². The first-order chi connectivity index (χ1) is 6.41. The molecule has 6 nitrogen and oxygen atoms in total. The molecule has 1 heterocycles. The summed E-state index contributed by atoms with van der Waals surface area (Å²) in [5.41, 5.74) is 4.99. The average Bonchev–Trinajstić information content (AvgIpc) is 2.01. The molecule has 0 aromatic carbocycles. The molecule has 0 saturated carbocycles. The average molecular weight is 215 g/mol. The number of sulfonamides is 1. The normalized spacial score (nSPS) is 11.2. The largest absolute Gasteiger partial charge is 0.369 e. The third-order valence-electron chi connectivity index (χ3n) is 1.50. The Labute approximate surface area is 81.0 Å². The SMILES string of the molecule is NC(=O)Cc1ncccc1S(N)(=O)=O. The van der Waals surface area contributed by atoms with Crippen molar-refractivity contribution in [2.24, 2.45) is 10.9 Å². The lowest BCUT2D eigenvalue weighted by Gasteiger charge is -2.03. The molecular formula is C7H9N3O3S. The maximum Gasteiger partial charge on any atom is 0.239 e. The van der Waals surface area contributed by atoms with Gasteiger partial charge < -0.3 is 5.73 Å². The number of primary amides is 1. The van der Waals surface area contributed by atoms with Crippen LogP contribution in [-0.4, -0.2) is 19.3 Å². The van der Waals surface area contributed by atoms with Gasteiger partial charge in [-0.15, -0.1) is 0 Å². The Bertz CT molecular complexity index is 455. The van der Waals surface area contributed by atoms with Crippen molar-refractivity contribution in [3.05, 3.63) is 24.0 Å². The van der Waals surface area contributed by atoms with Gasteiger partial charge in [-0.1, -0.05) is 0 Å². The lowest BCUT2D eigenvalue weighted by atomic mass is 10.2. The number of nitrogens with two attached hydrogens (primary N) is 2. The molecule has 0 aliphatic rings. The summed E-state index contributed by atoms with van der Waals surface area (Å²) in [6.07, 6.45) is 1.12. The molecule has 1 aromatic rings. The minimum absolute atomic E-state index is 0.0718. The van der Waals surface area contributed by atoms with E-state index in [1.165, 1.54) is 18.3 Å². The number of amides is 1. The molecule has 0 aliphatic carbocycles. The summed E-state index contributed by atoms with van der Waals surface area (Å²) < 4.78 is 22.0. The molecule has 0 unspecified atom stereocenters. The van der Waals surface area contributed by atoms with Crippen molar-refractivity contribution in [2.45, 2.75) is 11.3 Å². The smallest absolute Gasteiger partial charge is 0.239 e. The number of hydrogen-bond acceptors (Lipinski definition) is 4. The number of hydrogen-bond donors (Lipinski definition) is 2. The molecule has 0 atom stereocenters. The maximum absolute atomic E-state index is 11.0. The molecule has 0 radical (unpaired) electrons. The van der Waals surface area contributed by atoms with Gasteiger partial charge in [-0.3, -0.25) is 9.78 Å². The van der Waals surface area contributed by atoms with E-state index < -0.39 is 15.9 Å². The lowest BCUT2D eigenvalue weighted by Crippen LogP contribution is -2.20. The quantitative estimate of drug-likeness (QED) is 0.655. The molecule has 1 aromatic heterocycles. The van der Waals surface area contributed by atoms with Crippen LogP contribution in [-0.2, 0) is 21.2 Å². The molecule has 1 amide bonds. The second-order valence-electron chi connectivity index (χ2n) is 2.64. The van der Waals surface area contributed by atoms with Gasteiger partial charge in [0.05, 0.1) is 12.1 Å². The highest BCUT2D eigenvalue weighted by atomic mass is 32.2. The van der Waals surface area contributed by atoms with Gasteiger partial charge in [-0.25, -0.2) is 13.6 Å². The van der Waals surface area contributed by atoms with Crippen molar-refractivity contribution in [1.82, 2.24) is 4.98 Å². The molecule has 0 spiro atoms. The first-order valence-electron chi connectivity index (χ1n) is 3.66. The van der Waals surface area contributed by atoms with Gasteiger partial charge in [0, 0.05) is 6.20 Å². The summed E-state index contributed by atoms with van der Waals surface area (Å²) in [4.78, 5) is 14.2. The van der Waals surface area contributed by atoms with Gasteiger partial charge in [-0.2, -0.15) is 0 Å². The molecule has 0 aliphatic heterocycles. The first kappa shape index (κ1) is 10.6. The van der Waals surface area contributed by atoms with Crippen LogP contribution in [0.15, 0.2) is 23.2 Å². The van der Waals surface area contributed by atoms with Gasteiger partial charge in [0.2, 0.25) is 15.9 Å². The van der Waals surface area contributed by atoms with Crippen molar-refractivity contribution < 1.29 is 13.2 Å². The van der Waals surface area contributed by atoms with Crippen LogP contribution in [0.2, 0.25) is 0 Å². The molecule has 1 rings (SSSR count). The van der Waals surface area contributed by atoms with E-state index in [2.05, 4.69) is 4.98 Å². The van der Waals surface area contributed by atoms with Gasteiger partial charge in [-0.05, 0) is 12.1 Å². The Morgan fingerprint density at radius 2 is 2.14 bits per heavy atom. The highest BCUT2D eigenvalue weighted by molar-refractivity contribution is 7.89. The molecule has 0 saturated heterocycles. The zero-order valence-electron chi connectivity index (χ0n) is 7.17. The van der Waals surface area contributed by atoms with Crippen molar-refractivity contribution in [3.8, 4) is 0 Å². The number of pyridine rings is 1.